The van der Waals surface area contributed by atoms with Crippen molar-refractivity contribution in [1.29, 1.82) is 0 Å². The van der Waals surface area contributed by atoms with Crippen LogP contribution in [-0.2, 0) is 13.1 Å². The van der Waals surface area contributed by atoms with Crippen molar-refractivity contribution in [3.05, 3.63) is 22.9 Å². The van der Waals surface area contributed by atoms with Crippen molar-refractivity contribution >= 4 is 17.2 Å². The van der Waals surface area contributed by atoms with Crippen LogP contribution in [0.3, 0.4) is 0 Å². The van der Waals surface area contributed by atoms with Gasteiger partial charge in [0, 0.05) is 31.4 Å². The molecular weight excluding hydrogens is 210 g/mol. The number of nitrogens with zero attached hydrogens (tertiary/aromatic N) is 2. The van der Waals surface area contributed by atoms with E-state index in [1.807, 2.05) is 13.8 Å². The van der Waals surface area contributed by atoms with Gasteiger partial charge in [0.2, 0.25) is 0 Å². The van der Waals surface area contributed by atoms with Gasteiger partial charge < -0.3 is 5.73 Å². The highest BCUT2D eigenvalue weighted by Crippen LogP contribution is 1.99. The minimum Gasteiger partial charge on any atom is -0.393 e. The van der Waals surface area contributed by atoms with Crippen molar-refractivity contribution in [3.8, 4) is 0 Å². The van der Waals surface area contributed by atoms with Crippen LogP contribution in [0.5, 0.6) is 0 Å². The molecule has 1 aromatic heterocycles. The number of hydrogen-bond donors (Lipinski definition) is 1. The van der Waals surface area contributed by atoms with Crippen molar-refractivity contribution in [2.24, 2.45) is 11.7 Å². The molecule has 15 heavy (non-hydrogen) atoms. The zero-order valence-electron chi connectivity index (χ0n) is 9.14. The molecule has 2 N–H and O–H groups in total. The topological polar surface area (TPSA) is 52.9 Å². The molecule has 1 unspecified atom stereocenters. The third kappa shape index (κ3) is 2.92. The van der Waals surface area contributed by atoms with Gasteiger partial charge in [0.15, 0.2) is 0 Å². The Balaban J connectivity index is 2.79. The predicted octanol–water partition coefficient (Wildman–Crippen LogP) is 0.982. The minimum atomic E-state index is 0.0138. The molecule has 0 aliphatic carbocycles. The summed E-state index contributed by atoms with van der Waals surface area (Å²) in [5, 5.41) is 0. The highest BCUT2D eigenvalue weighted by atomic mass is 32.1. The molecular formula is C10H17N3OS. The van der Waals surface area contributed by atoms with Crippen LogP contribution < -0.4 is 11.4 Å². The summed E-state index contributed by atoms with van der Waals surface area (Å²) in [7, 11) is 0. The molecule has 0 radical (unpaired) electrons. The summed E-state index contributed by atoms with van der Waals surface area (Å²) in [6, 6.07) is 0. The number of thiocarbonyl (C=S) groups is 1. The van der Waals surface area contributed by atoms with Gasteiger partial charge in [0.25, 0.3) is 0 Å². The highest BCUT2D eigenvalue weighted by molar-refractivity contribution is 7.80. The first-order valence-electron chi connectivity index (χ1n) is 5.11. The third-order valence-electron chi connectivity index (χ3n) is 2.34. The maximum absolute atomic E-state index is 11.8. The predicted molar refractivity (Wildman–Crippen MR) is 64.9 cm³/mol. The van der Waals surface area contributed by atoms with Gasteiger partial charge in [-0.05, 0) is 6.42 Å². The smallest absolute Gasteiger partial charge is 0.328 e. The maximum Gasteiger partial charge on any atom is 0.328 e. The fourth-order valence-electron chi connectivity index (χ4n) is 1.39. The molecule has 0 fully saturated rings. The molecule has 1 rings (SSSR count). The van der Waals surface area contributed by atoms with Gasteiger partial charge in [0.1, 0.15) is 0 Å². The molecule has 0 aliphatic rings. The highest BCUT2D eigenvalue weighted by Gasteiger charge is 2.09. The van der Waals surface area contributed by atoms with Crippen LogP contribution in [0, 0.1) is 5.92 Å². The van der Waals surface area contributed by atoms with E-state index in [4.69, 9.17) is 18.0 Å². The molecule has 0 aliphatic heterocycles. The third-order valence-corrected chi connectivity index (χ3v) is 2.74. The van der Waals surface area contributed by atoms with Gasteiger partial charge in [-0.1, -0.05) is 26.1 Å². The van der Waals surface area contributed by atoms with Crippen molar-refractivity contribution in [2.45, 2.75) is 33.4 Å². The van der Waals surface area contributed by atoms with Crippen molar-refractivity contribution in [3.63, 3.8) is 0 Å². The molecule has 1 heterocycles. The number of rotatable bonds is 5. The molecule has 0 amide bonds. The van der Waals surface area contributed by atoms with Crippen molar-refractivity contribution < 1.29 is 0 Å². The normalized spacial score (nSPS) is 12.7. The van der Waals surface area contributed by atoms with Gasteiger partial charge >= 0.3 is 5.69 Å². The van der Waals surface area contributed by atoms with Crippen LogP contribution in [0.4, 0.5) is 0 Å². The van der Waals surface area contributed by atoms with E-state index in [2.05, 4.69) is 0 Å². The Morgan fingerprint density at radius 3 is 2.67 bits per heavy atom. The Morgan fingerprint density at radius 2 is 2.13 bits per heavy atom. The molecule has 4 nitrogen and oxygen atoms in total. The first kappa shape index (κ1) is 12.0. The average Bonchev–Trinajstić information content (AvgIpc) is 2.50. The second kappa shape index (κ2) is 5.11. The minimum absolute atomic E-state index is 0.0138. The maximum atomic E-state index is 11.8. The quantitative estimate of drug-likeness (QED) is 0.763. The molecule has 0 aromatic carbocycles. The fourth-order valence-corrected chi connectivity index (χ4v) is 1.46. The Bertz CT molecular complexity index is 394. The second-order valence-corrected chi connectivity index (χ2v) is 4.20. The molecule has 0 saturated carbocycles. The van der Waals surface area contributed by atoms with Gasteiger partial charge in [-0.25, -0.2) is 4.79 Å². The summed E-state index contributed by atoms with van der Waals surface area (Å²) in [4.78, 5) is 12.2. The molecule has 0 bridgehead atoms. The lowest BCUT2D eigenvalue weighted by molar-refractivity contribution is 0.554. The van der Waals surface area contributed by atoms with Crippen LogP contribution >= 0.6 is 12.2 Å². The van der Waals surface area contributed by atoms with Gasteiger partial charge in [-0.15, -0.1) is 0 Å². The van der Waals surface area contributed by atoms with Gasteiger partial charge in [0.05, 0.1) is 4.99 Å². The Hall–Kier alpha value is -1.10. The Morgan fingerprint density at radius 1 is 1.53 bits per heavy atom. The van der Waals surface area contributed by atoms with E-state index in [1.165, 1.54) is 0 Å². The van der Waals surface area contributed by atoms with Crippen LogP contribution in [0.15, 0.2) is 17.2 Å². The summed E-state index contributed by atoms with van der Waals surface area (Å²) in [5.74, 6) is 0.0511. The number of aryl methyl sites for hydroxylation is 1. The Labute approximate surface area is 94.7 Å². The summed E-state index contributed by atoms with van der Waals surface area (Å²) < 4.78 is 3.35. The lowest BCUT2D eigenvalue weighted by atomic mass is 10.2. The second-order valence-electron chi connectivity index (χ2n) is 3.73. The molecule has 84 valence electrons. The van der Waals surface area contributed by atoms with Crippen LogP contribution in [-0.4, -0.2) is 14.1 Å². The standard InChI is InChI=1S/C10H17N3OS/c1-3-4-12-5-6-13(10(12)14)7-8(2)9(11)15/h5-6,8H,3-4,7H2,1-2H3,(H2,11,15). The van der Waals surface area contributed by atoms with E-state index in [1.54, 1.807) is 21.5 Å². The van der Waals surface area contributed by atoms with E-state index < -0.39 is 0 Å². The number of imidazole rings is 1. The lowest BCUT2D eigenvalue weighted by Gasteiger charge is -2.08. The van der Waals surface area contributed by atoms with E-state index in [0.29, 0.717) is 11.5 Å². The molecule has 1 atom stereocenters. The zero-order chi connectivity index (χ0) is 11.4. The SMILES string of the molecule is CCCn1ccn(CC(C)C(N)=S)c1=O. The van der Waals surface area contributed by atoms with Crippen molar-refractivity contribution in [1.82, 2.24) is 9.13 Å². The van der Waals surface area contributed by atoms with E-state index >= 15 is 0 Å². The summed E-state index contributed by atoms with van der Waals surface area (Å²) in [5.41, 5.74) is 5.52. The van der Waals surface area contributed by atoms with Crippen LogP contribution in [0.25, 0.3) is 0 Å². The molecule has 0 spiro atoms. The monoisotopic (exact) mass is 227 g/mol. The number of aromatic nitrogens is 2. The summed E-state index contributed by atoms with van der Waals surface area (Å²) in [6.45, 7) is 5.28. The van der Waals surface area contributed by atoms with E-state index in [9.17, 15) is 4.79 Å². The van der Waals surface area contributed by atoms with Crippen molar-refractivity contribution in [2.75, 3.05) is 0 Å². The molecule has 5 heteroatoms. The van der Waals surface area contributed by atoms with E-state index in [0.717, 1.165) is 13.0 Å². The summed E-state index contributed by atoms with van der Waals surface area (Å²) in [6.07, 6.45) is 4.54. The fraction of sp³-hybridized carbons (Fsp3) is 0.600. The summed E-state index contributed by atoms with van der Waals surface area (Å²) >= 11 is 4.87. The zero-order valence-corrected chi connectivity index (χ0v) is 9.96. The van der Waals surface area contributed by atoms with Crippen LogP contribution in [0.1, 0.15) is 20.3 Å². The average molecular weight is 227 g/mol. The van der Waals surface area contributed by atoms with Gasteiger partial charge in [-0.3, -0.25) is 9.13 Å². The lowest BCUT2D eigenvalue weighted by Crippen LogP contribution is -2.30. The van der Waals surface area contributed by atoms with Gasteiger partial charge in [-0.2, -0.15) is 0 Å². The number of hydrogen-bond acceptors (Lipinski definition) is 2. The van der Waals surface area contributed by atoms with Crippen LogP contribution in [0.2, 0.25) is 0 Å². The first-order chi connectivity index (χ1) is 7.06. The largest absolute Gasteiger partial charge is 0.393 e. The van der Waals surface area contributed by atoms with E-state index in [-0.39, 0.29) is 11.6 Å². The molecule has 1 aromatic rings. The number of nitrogens with two attached hydrogens (primary N) is 1. The first-order valence-corrected chi connectivity index (χ1v) is 5.52. The Kier molecular flexibility index (Phi) is 4.08. The molecule has 0 saturated heterocycles.